The van der Waals surface area contributed by atoms with Gasteiger partial charge in [0.1, 0.15) is 5.82 Å². The van der Waals surface area contributed by atoms with E-state index >= 15 is 0 Å². The molecule has 3 atom stereocenters. The predicted molar refractivity (Wildman–Crippen MR) is 86.7 cm³/mol. The molecule has 1 N–H and O–H groups in total. The van der Waals surface area contributed by atoms with E-state index in [0.29, 0.717) is 17.8 Å². The number of nitrogens with one attached hydrogen (secondary N) is 1. The molecule has 4 nitrogen and oxygen atoms in total. The number of carbonyl (C=O) groups is 1. The van der Waals surface area contributed by atoms with Gasteiger partial charge in [-0.25, -0.2) is 9.18 Å². The number of halogens is 1. The molecule has 2 heterocycles. The first-order valence-corrected chi connectivity index (χ1v) is 8.16. The Kier molecular flexibility index (Phi) is 3.43. The Morgan fingerprint density at radius 2 is 2.00 bits per heavy atom. The van der Waals surface area contributed by atoms with E-state index in [1.54, 1.807) is 19.2 Å². The van der Waals surface area contributed by atoms with Crippen molar-refractivity contribution in [3.05, 3.63) is 41.8 Å². The van der Waals surface area contributed by atoms with E-state index in [2.05, 4.69) is 10.3 Å². The molecule has 1 saturated heterocycles. The largest absolute Gasteiger partial charge is 0.341 e. The van der Waals surface area contributed by atoms with Crippen molar-refractivity contribution in [1.29, 1.82) is 0 Å². The summed E-state index contributed by atoms with van der Waals surface area (Å²) in [5.41, 5.74) is 2.06. The van der Waals surface area contributed by atoms with Crippen molar-refractivity contribution in [3.8, 4) is 0 Å². The fraction of sp³-hybridized carbons (Fsp3) is 0.444. The molecule has 2 amide bonds. The minimum atomic E-state index is -0.212. The number of aromatic nitrogens is 1. The Labute approximate surface area is 134 Å². The zero-order chi connectivity index (χ0) is 16.0. The summed E-state index contributed by atoms with van der Waals surface area (Å²) < 4.78 is 13.6. The smallest absolute Gasteiger partial charge is 0.317 e. The van der Waals surface area contributed by atoms with Crippen LogP contribution < -0.4 is 5.32 Å². The molecule has 120 valence electrons. The van der Waals surface area contributed by atoms with Gasteiger partial charge in [-0.3, -0.25) is 4.98 Å². The second-order valence-corrected chi connectivity index (χ2v) is 6.71. The summed E-state index contributed by atoms with van der Waals surface area (Å²) in [4.78, 5) is 18.0. The number of carbonyl (C=O) groups excluding carboxylic acids is 1. The van der Waals surface area contributed by atoms with Gasteiger partial charge in [-0.1, -0.05) is 0 Å². The van der Waals surface area contributed by atoms with Gasteiger partial charge in [-0.15, -0.1) is 0 Å². The van der Waals surface area contributed by atoms with E-state index in [4.69, 9.17) is 0 Å². The molecule has 0 radical (unpaired) electrons. The van der Waals surface area contributed by atoms with E-state index in [1.807, 2.05) is 17.2 Å². The molecule has 1 aromatic heterocycles. The van der Waals surface area contributed by atoms with Crippen molar-refractivity contribution < 1.29 is 9.18 Å². The minimum absolute atomic E-state index is 0.0207. The molecule has 1 aromatic carbocycles. The molecule has 23 heavy (non-hydrogen) atoms. The van der Waals surface area contributed by atoms with Crippen LogP contribution in [0.1, 0.15) is 24.3 Å². The maximum atomic E-state index is 13.6. The third kappa shape index (κ3) is 2.44. The van der Waals surface area contributed by atoms with Crippen LogP contribution in [0, 0.1) is 17.7 Å². The first-order valence-electron chi connectivity index (χ1n) is 8.16. The van der Waals surface area contributed by atoms with Crippen LogP contribution in [-0.4, -0.2) is 36.1 Å². The lowest BCUT2D eigenvalue weighted by Gasteiger charge is -2.19. The van der Waals surface area contributed by atoms with E-state index in [9.17, 15) is 9.18 Å². The van der Waals surface area contributed by atoms with Crippen LogP contribution in [0.25, 0.3) is 10.9 Å². The van der Waals surface area contributed by atoms with E-state index in [0.717, 1.165) is 36.8 Å². The van der Waals surface area contributed by atoms with Crippen molar-refractivity contribution >= 4 is 16.9 Å². The van der Waals surface area contributed by atoms with Crippen LogP contribution in [0.5, 0.6) is 0 Å². The minimum Gasteiger partial charge on any atom is -0.341 e. The van der Waals surface area contributed by atoms with Crippen molar-refractivity contribution in [2.24, 2.45) is 11.8 Å². The molecular weight excluding hydrogens is 293 g/mol. The third-order valence-electron chi connectivity index (χ3n) is 5.43. The number of benzene rings is 1. The number of hydrogen-bond donors (Lipinski definition) is 1. The van der Waals surface area contributed by atoms with Crippen LogP contribution in [0.3, 0.4) is 0 Å². The zero-order valence-electron chi connectivity index (χ0n) is 13.1. The van der Waals surface area contributed by atoms with Crippen LogP contribution in [0.15, 0.2) is 30.5 Å². The Morgan fingerprint density at radius 1 is 1.26 bits per heavy atom. The van der Waals surface area contributed by atoms with Gasteiger partial charge >= 0.3 is 6.03 Å². The Hall–Kier alpha value is -2.17. The molecule has 1 aliphatic carbocycles. The summed E-state index contributed by atoms with van der Waals surface area (Å²) in [7, 11) is 1.68. The highest BCUT2D eigenvalue weighted by atomic mass is 19.1. The molecule has 5 heteroatoms. The highest BCUT2D eigenvalue weighted by molar-refractivity contribution is 5.82. The molecule has 0 bridgehead atoms. The normalized spacial score (nSPS) is 26.5. The number of likely N-dealkylation sites (tertiary alicyclic amines) is 1. The quantitative estimate of drug-likeness (QED) is 0.879. The van der Waals surface area contributed by atoms with Crippen molar-refractivity contribution in [1.82, 2.24) is 15.2 Å². The fourth-order valence-electron chi connectivity index (χ4n) is 4.37. The number of fused-ring (bicyclic) bond motifs is 2. The van der Waals surface area contributed by atoms with Gasteiger partial charge in [-0.05, 0) is 60.4 Å². The summed E-state index contributed by atoms with van der Waals surface area (Å²) >= 11 is 0. The lowest BCUT2D eigenvalue weighted by molar-refractivity contribution is 0.207. The Morgan fingerprint density at radius 3 is 2.70 bits per heavy atom. The highest BCUT2D eigenvalue weighted by Crippen LogP contribution is 2.47. The van der Waals surface area contributed by atoms with E-state index in [-0.39, 0.29) is 11.8 Å². The first kappa shape index (κ1) is 14.4. The monoisotopic (exact) mass is 313 g/mol. The molecule has 2 aromatic rings. The Bertz CT molecular complexity index is 749. The molecule has 2 aliphatic rings. The molecular formula is C18H20FN3O. The maximum Gasteiger partial charge on any atom is 0.317 e. The average molecular weight is 313 g/mol. The lowest BCUT2D eigenvalue weighted by Crippen LogP contribution is -2.36. The third-order valence-corrected chi connectivity index (χ3v) is 5.43. The lowest BCUT2D eigenvalue weighted by atomic mass is 9.93. The SMILES string of the molecule is CNC(=O)N1CC2C[C@H](c3ccnc4ccc(F)cc34)C[C@@H]2C1. The first-order chi connectivity index (χ1) is 11.2. The van der Waals surface area contributed by atoms with E-state index in [1.165, 1.54) is 11.6 Å². The van der Waals surface area contributed by atoms with Gasteiger partial charge in [0.2, 0.25) is 0 Å². The van der Waals surface area contributed by atoms with Gasteiger partial charge in [0.05, 0.1) is 5.52 Å². The number of nitrogens with zero attached hydrogens (tertiary/aromatic N) is 2. The number of pyridine rings is 1. The standard InChI is InChI=1S/C18H20FN3O/c1-20-18(23)22-9-12-6-11(7-13(12)10-22)15-4-5-21-17-3-2-14(19)8-16(15)17/h2-5,8,11-13H,6-7,9-10H2,1H3,(H,20,23)/t11-,12-,13?/m1/s1. The van der Waals surface area contributed by atoms with Crippen LogP contribution in [-0.2, 0) is 0 Å². The summed E-state index contributed by atoms with van der Waals surface area (Å²) in [5.74, 6) is 1.32. The second-order valence-electron chi connectivity index (χ2n) is 6.71. The number of hydrogen-bond acceptors (Lipinski definition) is 2. The molecule has 2 fully saturated rings. The molecule has 1 aliphatic heterocycles. The number of amides is 2. The number of rotatable bonds is 1. The van der Waals surface area contributed by atoms with Crippen molar-refractivity contribution in [2.75, 3.05) is 20.1 Å². The molecule has 1 unspecified atom stereocenters. The van der Waals surface area contributed by atoms with Crippen LogP contribution in [0.2, 0.25) is 0 Å². The van der Waals surface area contributed by atoms with Crippen molar-refractivity contribution in [3.63, 3.8) is 0 Å². The molecule has 0 spiro atoms. The Balaban J connectivity index is 1.58. The highest BCUT2D eigenvalue weighted by Gasteiger charge is 2.42. The van der Waals surface area contributed by atoms with Gasteiger partial charge < -0.3 is 10.2 Å². The van der Waals surface area contributed by atoms with Gasteiger partial charge in [0.15, 0.2) is 0 Å². The zero-order valence-corrected chi connectivity index (χ0v) is 13.1. The van der Waals surface area contributed by atoms with E-state index < -0.39 is 0 Å². The summed E-state index contributed by atoms with van der Waals surface area (Å²) in [6.07, 6.45) is 3.95. The molecule has 4 rings (SSSR count). The van der Waals surface area contributed by atoms with Gasteiger partial charge in [-0.2, -0.15) is 0 Å². The summed E-state index contributed by atoms with van der Waals surface area (Å²) in [6, 6.07) is 6.86. The van der Waals surface area contributed by atoms with Crippen LogP contribution in [0.4, 0.5) is 9.18 Å². The molecule has 1 saturated carbocycles. The summed E-state index contributed by atoms with van der Waals surface area (Å²) in [5, 5.41) is 3.64. The average Bonchev–Trinajstić information content (AvgIpc) is 3.12. The number of urea groups is 1. The topological polar surface area (TPSA) is 45.2 Å². The van der Waals surface area contributed by atoms with Gasteiger partial charge in [0, 0.05) is 31.7 Å². The fourth-order valence-corrected chi connectivity index (χ4v) is 4.37. The maximum absolute atomic E-state index is 13.6. The predicted octanol–water partition coefficient (Wildman–Crippen LogP) is 3.14. The van der Waals surface area contributed by atoms with Crippen molar-refractivity contribution in [2.45, 2.75) is 18.8 Å². The second kappa shape index (κ2) is 5.48. The summed E-state index contributed by atoms with van der Waals surface area (Å²) in [6.45, 7) is 1.66. The van der Waals surface area contributed by atoms with Gasteiger partial charge in [0.25, 0.3) is 0 Å². The van der Waals surface area contributed by atoms with Crippen LogP contribution >= 0.6 is 0 Å².